The molecule has 0 spiro atoms. The van der Waals surface area contributed by atoms with Gasteiger partial charge in [0, 0.05) is 16.6 Å². The lowest BCUT2D eigenvalue weighted by atomic mass is 10.1. The molecule has 0 fully saturated rings. The SMILES string of the molecule is Cc1ccc(Oc2ccc(C(F)(F)F)cc2C(=O)Nc2cccc3cccnc23)cc1Cl. The minimum atomic E-state index is -4.62. The van der Waals surface area contributed by atoms with Gasteiger partial charge >= 0.3 is 6.18 Å². The molecule has 0 saturated heterocycles. The summed E-state index contributed by atoms with van der Waals surface area (Å²) in [6.07, 6.45) is -3.06. The molecule has 1 amide bonds. The van der Waals surface area contributed by atoms with Crippen LogP contribution in [0.5, 0.6) is 11.5 Å². The number of carbonyl (C=O) groups is 1. The van der Waals surface area contributed by atoms with Gasteiger partial charge in [-0.1, -0.05) is 35.9 Å². The van der Waals surface area contributed by atoms with E-state index in [-0.39, 0.29) is 11.3 Å². The number of alkyl halides is 3. The molecule has 3 aromatic carbocycles. The van der Waals surface area contributed by atoms with Crippen LogP contribution < -0.4 is 10.1 Å². The summed E-state index contributed by atoms with van der Waals surface area (Å²) in [5, 5.41) is 3.86. The Balaban J connectivity index is 1.74. The smallest absolute Gasteiger partial charge is 0.416 e. The normalized spacial score (nSPS) is 11.4. The fourth-order valence-electron chi connectivity index (χ4n) is 3.13. The highest BCUT2D eigenvalue weighted by molar-refractivity contribution is 6.31. The summed E-state index contributed by atoms with van der Waals surface area (Å²) in [4.78, 5) is 17.3. The maximum atomic E-state index is 13.3. The van der Waals surface area contributed by atoms with Crippen LogP contribution in [0.25, 0.3) is 10.9 Å². The molecule has 0 aliphatic carbocycles. The Kier molecular flexibility index (Phi) is 5.76. The number of aromatic nitrogens is 1. The Morgan fingerprint density at radius 2 is 1.81 bits per heavy atom. The number of hydrogen-bond acceptors (Lipinski definition) is 3. The molecule has 4 aromatic rings. The second kappa shape index (κ2) is 8.51. The van der Waals surface area contributed by atoms with Crippen molar-refractivity contribution in [2.24, 2.45) is 0 Å². The molecule has 1 heterocycles. The van der Waals surface area contributed by atoms with E-state index in [0.29, 0.717) is 22.0 Å². The molecule has 0 aliphatic heterocycles. The van der Waals surface area contributed by atoms with Crippen molar-refractivity contribution in [2.75, 3.05) is 5.32 Å². The molecule has 0 aliphatic rings. The minimum Gasteiger partial charge on any atom is -0.456 e. The van der Waals surface area contributed by atoms with Crippen LogP contribution >= 0.6 is 11.6 Å². The lowest BCUT2D eigenvalue weighted by Gasteiger charge is -2.15. The predicted octanol–water partition coefficient (Wildman–Crippen LogP) is 7.26. The molecule has 0 saturated carbocycles. The van der Waals surface area contributed by atoms with Crippen molar-refractivity contribution in [3.8, 4) is 11.5 Å². The van der Waals surface area contributed by atoms with Gasteiger partial charge in [0.25, 0.3) is 5.91 Å². The van der Waals surface area contributed by atoms with Gasteiger partial charge in [0.2, 0.25) is 0 Å². The Hall–Kier alpha value is -3.58. The van der Waals surface area contributed by atoms with E-state index in [9.17, 15) is 18.0 Å². The Bertz CT molecular complexity index is 1320. The van der Waals surface area contributed by atoms with Crippen LogP contribution in [-0.4, -0.2) is 10.9 Å². The Morgan fingerprint density at radius 3 is 2.56 bits per heavy atom. The highest BCUT2D eigenvalue weighted by Crippen LogP contribution is 2.35. The number of nitrogens with zero attached hydrogens (tertiary/aromatic N) is 1. The third-order valence-corrected chi connectivity index (χ3v) is 5.21. The molecule has 4 rings (SSSR count). The third-order valence-electron chi connectivity index (χ3n) is 4.80. The topological polar surface area (TPSA) is 51.2 Å². The van der Waals surface area contributed by atoms with Crippen molar-refractivity contribution < 1.29 is 22.7 Å². The molecule has 0 unspecified atom stereocenters. The number of rotatable bonds is 4. The fourth-order valence-corrected chi connectivity index (χ4v) is 3.30. The lowest BCUT2D eigenvalue weighted by molar-refractivity contribution is -0.137. The molecule has 1 aromatic heterocycles. The number of para-hydroxylation sites is 1. The van der Waals surface area contributed by atoms with E-state index in [1.165, 1.54) is 6.07 Å². The summed E-state index contributed by atoms with van der Waals surface area (Å²) in [6, 6.07) is 16.3. The number of aryl methyl sites for hydroxylation is 1. The molecular formula is C24H16ClF3N2O2. The van der Waals surface area contributed by atoms with Gasteiger partial charge in [-0.2, -0.15) is 13.2 Å². The Labute approximate surface area is 186 Å². The number of benzene rings is 3. The summed E-state index contributed by atoms with van der Waals surface area (Å²) >= 11 is 6.12. The first-order valence-electron chi connectivity index (χ1n) is 9.53. The molecular weight excluding hydrogens is 441 g/mol. The van der Waals surface area contributed by atoms with Gasteiger partial charge in [0.1, 0.15) is 11.5 Å². The van der Waals surface area contributed by atoms with Gasteiger partial charge < -0.3 is 10.1 Å². The van der Waals surface area contributed by atoms with E-state index in [1.807, 2.05) is 12.1 Å². The van der Waals surface area contributed by atoms with Crippen molar-refractivity contribution in [2.45, 2.75) is 13.1 Å². The average molecular weight is 457 g/mol. The average Bonchev–Trinajstić information content (AvgIpc) is 2.76. The van der Waals surface area contributed by atoms with Crippen LogP contribution in [-0.2, 0) is 6.18 Å². The van der Waals surface area contributed by atoms with Crippen LogP contribution in [0.15, 0.2) is 72.9 Å². The highest BCUT2D eigenvalue weighted by Gasteiger charge is 2.32. The molecule has 0 atom stereocenters. The Morgan fingerprint density at radius 1 is 1.03 bits per heavy atom. The zero-order valence-electron chi connectivity index (χ0n) is 16.7. The summed E-state index contributed by atoms with van der Waals surface area (Å²) in [5.41, 5.74) is 0.461. The number of anilines is 1. The molecule has 162 valence electrons. The lowest BCUT2D eigenvalue weighted by Crippen LogP contribution is -2.15. The van der Waals surface area contributed by atoms with Gasteiger partial charge in [-0.05, 0) is 55.0 Å². The molecule has 1 N–H and O–H groups in total. The van der Waals surface area contributed by atoms with Crippen molar-refractivity contribution in [3.63, 3.8) is 0 Å². The van der Waals surface area contributed by atoms with Gasteiger partial charge in [-0.15, -0.1) is 0 Å². The van der Waals surface area contributed by atoms with E-state index >= 15 is 0 Å². The minimum absolute atomic E-state index is 0.0383. The number of fused-ring (bicyclic) bond motifs is 1. The quantitative estimate of drug-likeness (QED) is 0.351. The number of nitrogens with one attached hydrogen (secondary N) is 1. The zero-order valence-corrected chi connectivity index (χ0v) is 17.5. The highest BCUT2D eigenvalue weighted by atomic mass is 35.5. The first-order valence-corrected chi connectivity index (χ1v) is 9.90. The van der Waals surface area contributed by atoms with Crippen molar-refractivity contribution >= 4 is 34.1 Å². The van der Waals surface area contributed by atoms with Gasteiger partial charge in [-0.3, -0.25) is 9.78 Å². The predicted molar refractivity (Wildman–Crippen MR) is 117 cm³/mol. The summed E-state index contributed by atoms with van der Waals surface area (Å²) in [5.74, 6) is -0.507. The first kappa shape index (κ1) is 21.6. The summed E-state index contributed by atoms with van der Waals surface area (Å²) < 4.78 is 45.7. The van der Waals surface area contributed by atoms with Crippen LogP contribution in [0, 0.1) is 6.92 Å². The van der Waals surface area contributed by atoms with Gasteiger partial charge in [0.15, 0.2) is 0 Å². The second-order valence-corrected chi connectivity index (χ2v) is 7.46. The summed E-state index contributed by atoms with van der Waals surface area (Å²) in [6.45, 7) is 1.81. The molecule has 0 bridgehead atoms. The number of carbonyl (C=O) groups excluding carboxylic acids is 1. The number of amides is 1. The van der Waals surface area contributed by atoms with Crippen molar-refractivity contribution in [1.29, 1.82) is 0 Å². The van der Waals surface area contributed by atoms with Gasteiger partial charge in [-0.25, -0.2) is 0 Å². The molecule has 0 radical (unpaired) electrons. The largest absolute Gasteiger partial charge is 0.456 e. The number of pyridine rings is 1. The maximum absolute atomic E-state index is 13.3. The fraction of sp³-hybridized carbons (Fsp3) is 0.0833. The van der Waals surface area contributed by atoms with Crippen LogP contribution in [0.1, 0.15) is 21.5 Å². The van der Waals surface area contributed by atoms with Crippen LogP contribution in [0.3, 0.4) is 0 Å². The maximum Gasteiger partial charge on any atom is 0.416 e. The second-order valence-electron chi connectivity index (χ2n) is 7.06. The first-order chi connectivity index (χ1) is 15.2. The summed E-state index contributed by atoms with van der Waals surface area (Å²) in [7, 11) is 0. The number of halogens is 4. The molecule has 32 heavy (non-hydrogen) atoms. The van der Waals surface area contributed by atoms with Crippen LogP contribution in [0.2, 0.25) is 5.02 Å². The van der Waals surface area contributed by atoms with E-state index in [0.717, 1.165) is 29.1 Å². The zero-order chi connectivity index (χ0) is 22.9. The molecule has 8 heteroatoms. The monoisotopic (exact) mass is 456 g/mol. The standard InChI is InChI=1S/C24H16ClF3N2O2/c1-14-7-9-17(13-19(14)25)32-21-10-8-16(24(26,27)28)12-18(21)23(31)30-20-6-2-4-15-5-3-11-29-22(15)20/h2-13H,1H3,(H,30,31). The van der Waals surface area contributed by atoms with E-state index < -0.39 is 17.6 Å². The van der Waals surface area contributed by atoms with Crippen LogP contribution in [0.4, 0.5) is 18.9 Å². The van der Waals surface area contributed by atoms with E-state index in [2.05, 4.69) is 10.3 Å². The van der Waals surface area contributed by atoms with E-state index in [4.69, 9.17) is 16.3 Å². The number of hydrogen-bond donors (Lipinski definition) is 1. The third kappa shape index (κ3) is 4.53. The van der Waals surface area contributed by atoms with E-state index in [1.54, 1.807) is 43.5 Å². The van der Waals surface area contributed by atoms with Gasteiger partial charge in [0.05, 0.1) is 22.3 Å². The van der Waals surface area contributed by atoms with Crippen molar-refractivity contribution in [3.05, 3.63) is 94.6 Å². The van der Waals surface area contributed by atoms with Crippen molar-refractivity contribution in [1.82, 2.24) is 4.98 Å². The number of ether oxygens (including phenoxy) is 1. The molecule has 4 nitrogen and oxygen atoms in total.